The van der Waals surface area contributed by atoms with Crippen LogP contribution in [0.1, 0.15) is 32.8 Å². The normalized spacial score (nSPS) is 12.6. The van der Waals surface area contributed by atoms with Gasteiger partial charge in [-0.2, -0.15) is 0 Å². The Morgan fingerprint density at radius 3 is 2.48 bits per heavy atom. The zero-order chi connectivity index (χ0) is 16.0. The van der Waals surface area contributed by atoms with E-state index in [9.17, 15) is 14.7 Å². The second-order valence-electron chi connectivity index (χ2n) is 5.88. The molecule has 5 nitrogen and oxygen atoms in total. The lowest BCUT2D eigenvalue weighted by atomic mass is 9.96. The van der Waals surface area contributed by atoms with Crippen molar-refractivity contribution in [3.63, 3.8) is 0 Å². The lowest BCUT2D eigenvalue weighted by Crippen LogP contribution is -2.28. The molecule has 21 heavy (non-hydrogen) atoms. The molecule has 0 bridgehead atoms. The fraction of sp³-hybridized carbons (Fsp3) is 0.500. The molecule has 0 aliphatic heterocycles. The first-order chi connectivity index (χ1) is 9.71. The van der Waals surface area contributed by atoms with Crippen LogP contribution in [0.15, 0.2) is 24.3 Å². The Morgan fingerprint density at radius 1 is 1.29 bits per heavy atom. The Hall–Kier alpha value is -2.04. The van der Waals surface area contributed by atoms with Crippen molar-refractivity contribution in [2.24, 2.45) is 5.92 Å². The summed E-state index contributed by atoms with van der Waals surface area (Å²) in [5, 5.41) is 9.27. The van der Waals surface area contributed by atoms with Crippen LogP contribution in [0.25, 0.3) is 0 Å². The van der Waals surface area contributed by atoms with Gasteiger partial charge in [-0.3, -0.25) is 9.59 Å². The molecule has 0 spiro atoms. The Labute approximate surface area is 124 Å². The van der Waals surface area contributed by atoms with Crippen LogP contribution >= 0.6 is 0 Å². The highest BCUT2D eigenvalue weighted by atomic mass is 16.6. The number of ether oxygens (including phenoxy) is 2. The second kappa shape index (κ2) is 7.11. The molecule has 1 N–H and O–H groups in total. The van der Waals surface area contributed by atoms with E-state index in [1.54, 1.807) is 46.1 Å². The van der Waals surface area contributed by atoms with Crippen molar-refractivity contribution < 1.29 is 24.2 Å². The zero-order valence-corrected chi connectivity index (χ0v) is 12.9. The van der Waals surface area contributed by atoms with Crippen molar-refractivity contribution >= 4 is 11.9 Å². The highest BCUT2D eigenvalue weighted by Gasteiger charge is 2.25. The van der Waals surface area contributed by atoms with E-state index in [0.717, 1.165) is 5.56 Å². The van der Waals surface area contributed by atoms with E-state index < -0.39 is 23.5 Å². The number of carbonyl (C=O) groups is 2. The van der Waals surface area contributed by atoms with Crippen LogP contribution in [-0.4, -0.2) is 29.8 Å². The van der Waals surface area contributed by atoms with E-state index in [1.807, 2.05) is 6.07 Å². The molecule has 0 saturated carbocycles. The molecule has 1 rings (SSSR count). The summed E-state index contributed by atoms with van der Waals surface area (Å²) < 4.78 is 10.3. The van der Waals surface area contributed by atoms with E-state index >= 15 is 0 Å². The van der Waals surface area contributed by atoms with Crippen LogP contribution in [0, 0.1) is 5.92 Å². The maximum atomic E-state index is 11.8. The largest absolute Gasteiger partial charge is 0.497 e. The molecule has 1 aromatic rings. The number of methoxy groups -OCH3 is 1. The van der Waals surface area contributed by atoms with Crippen LogP contribution in [0.4, 0.5) is 0 Å². The van der Waals surface area contributed by atoms with Gasteiger partial charge in [0.05, 0.1) is 19.4 Å². The molecule has 0 fully saturated rings. The Kier molecular flexibility index (Phi) is 5.76. The summed E-state index contributed by atoms with van der Waals surface area (Å²) in [7, 11) is 1.55. The van der Waals surface area contributed by atoms with Crippen molar-refractivity contribution in [2.45, 2.75) is 39.2 Å². The lowest BCUT2D eigenvalue weighted by Gasteiger charge is -2.21. The van der Waals surface area contributed by atoms with Gasteiger partial charge >= 0.3 is 11.9 Å². The average Bonchev–Trinajstić information content (AvgIpc) is 2.36. The van der Waals surface area contributed by atoms with E-state index in [2.05, 4.69) is 0 Å². The van der Waals surface area contributed by atoms with Gasteiger partial charge in [0.15, 0.2) is 0 Å². The van der Waals surface area contributed by atoms with Gasteiger partial charge in [0, 0.05) is 0 Å². The quantitative estimate of drug-likeness (QED) is 0.817. The predicted molar refractivity (Wildman–Crippen MR) is 78.3 cm³/mol. The zero-order valence-electron chi connectivity index (χ0n) is 12.9. The molecule has 0 aliphatic rings. The van der Waals surface area contributed by atoms with Crippen LogP contribution in [0.2, 0.25) is 0 Å². The monoisotopic (exact) mass is 294 g/mol. The van der Waals surface area contributed by atoms with Gasteiger partial charge in [-0.05, 0) is 44.9 Å². The first-order valence-corrected chi connectivity index (χ1v) is 6.79. The van der Waals surface area contributed by atoms with Crippen molar-refractivity contribution in [2.75, 3.05) is 7.11 Å². The molecule has 0 aliphatic carbocycles. The molecule has 0 saturated heterocycles. The van der Waals surface area contributed by atoms with Crippen LogP contribution in [0.5, 0.6) is 5.75 Å². The minimum absolute atomic E-state index is 0.149. The molecule has 0 radical (unpaired) electrons. The molecule has 1 unspecified atom stereocenters. The molecular formula is C16H22O5. The van der Waals surface area contributed by atoms with Gasteiger partial charge in [0.25, 0.3) is 0 Å². The van der Waals surface area contributed by atoms with Gasteiger partial charge < -0.3 is 14.6 Å². The maximum Gasteiger partial charge on any atom is 0.307 e. The van der Waals surface area contributed by atoms with Gasteiger partial charge in [-0.1, -0.05) is 12.1 Å². The van der Waals surface area contributed by atoms with Gasteiger partial charge in [0.1, 0.15) is 11.4 Å². The number of hydrogen-bond acceptors (Lipinski definition) is 4. The number of carboxylic acid groups (broad SMARTS) is 1. The van der Waals surface area contributed by atoms with Crippen molar-refractivity contribution in [1.82, 2.24) is 0 Å². The van der Waals surface area contributed by atoms with Crippen molar-refractivity contribution in [1.29, 1.82) is 0 Å². The van der Waals surface area contributed by atoms with E-state index in [1.165, 1.54) is 0 Å². The number of benzene rings is 1. The number of carboxylic acids is 1. The highest BCUT2D eigenvalue weighted by molar-refractivity contribution is 5.79. The summed E-state index contributed by atoms with van der Waals surface area (Å²) in [4.78, 5) is 23.1. The first kappa shape index (κ1) is 17.0. The molecular weight excluding hydrogens is 272 g/mol. The summed E-state index contributed by atoms with van der Waals surface area (Å²) in [5.41, 5.74) is 0.195. The first-order valence-electron chi connectivity index (χ1n) is 6.79. The van der Waals surface area contributed by atoms with Crippen molar-refractivity contribution in [3.05, 3.63) is 29.8 Å². The maximum absolute atomic E-state index is 11.8. The summed E-state index contributed by atoms with van der Waals surface area (Å²) in [6, 6.07) is 7.16. The number of aliphatic carboxylic acids is 1. The molecule has 116 valence electrons. The summed E-state index contributed by atoms with van der Waals surface area (Å²) in [5.74, 6) is -1.66. The summed E-state index contributed by atoms with van der Waals surface area (Å²) >= 11 is 0. The smallest absolute Gasteiger partial charge is 0.307 e. The van der Waals surface area contributed by atoms with E-state index in [4.69, 9.17) is 9.47 Å². The Morgan fingerprint density at radius 2 is 1.95 bits per heavy atom. The minimum atomic E-state index is -1.01. The van der Waals surface area contributed by atoms with Crippen LogP contribution in [0.3, 0.4) is 0 Å². The third kappa shape index (κ3) is 6.29. The molecule has 0 heterocycles. The van der Waals surface area contributed by atoms with Crippen LogP contribution in [-0.2, 0) is 20.7 Å². The van der Waals surface area contributed by atoms with Crippen LogP contribution < -0.4 is 4.74 Å². The number of esters is 1. The highest BCUT2D eigenvalue weighted by Crippen LogP contribution is 2.19. The Balaban J connectivity index is 2.74. The topological polar surface area (TPSA) is 72.8 Å². The predicted octanol–water partition coefficient (Wildman–Crippen LogP) is 2.67. The van der Waals surface area contributed by atoms with Gasteiger partial charge in [-0.25, -0.2) is 0 Å². The van der Waals surface area contributed by atoms with Gasteiger partial charge in [-0.15, -0.1) is 0 Å². The second-order valence-corrected chi connectivity index (χ2v) is 5.88. The third-order valence-electron chi connectivity index (χ3n) is 2.80. The fourth-order valence-electron chi connectivity index (χ4n) is 1.92. The standard InChI is InChI=1S/C16H22O5/c1-16(2,3)21-14(17)10-12(15(18)19)8-11-6-5-7-13(9-11)20-4/h5-7,9,12H,8,10H2,1-4H3,(H,18,19). The lowest BCUT2D eigenvalue weighted by molar-refractivity contribution is -0.159. The number of hydrogen-bond donors (Lipinski definition) is 1. The molecule has 1 aromatic carbocycles. The number of carbonyl (C=O) groups excluding carboxylic acids is 1. The average molecular weight is 294 g/mol. The molecule has 0 aromatic heterocycles. The SMILES string of the molecule is COc1cccc(CC(CC(=O)OC(C)(C)C)C(=O)O)c1. The number of rotatable bonds is 6. The fourth-order valence-corrected chi connectivity index (χ4v) is 1.92. The summed E-state index contributed by atoms with van der Waals surface area (Å²) in [6.45, 7) is 5.26. The van der Waals surface area contributed by atoms with E-state index in [-0.39, 0.29) is 12.8 Å². The Bertz CT molecular complexity index is 502. The molecule has 5 heteroatoms. The minimum Gasteiger partial charge on any atom is -0.497 e. The molecule has 0 amide bonds. The third-order valence-corrected chi connectivity index (χ3v) is 2.80. The van der Waals surface area contributed by atoms with Crippen molar-refractivity contribution in [3.8, 4) is 5.75 Å². The van der Waals surface area contributed by atoms with E-state index in [0.29, 0.717) is 5.75 Å². The molecule has 1 atom stereocenters. The van der Waals surface area contributed by atoms with Gasteiger partial charge in [0.2, 0.25) is 0 Å². The summed E-state index contributed by atoms with van der Waals surface area (Å²) in [6.07, 6.45) is 0.107.